The number of nitrogens with zero attached hydrogens (tertiary/aromatic N) is 3. The van der Waals surface area contributed by atoms with Gasteiger partial charge in [-0.15, -0.1) is 0 Å². The largest absolute Gasteiger partial charge is 0.494 e. The van der Waals surface area contributed by atoms with E-state index in [1.165, 1.54) is 0 Å². The maximum atomic E-state index is 12.7. The van der Waals surface area contributed by atoms with Gasteiger partial charge in [0, 0.05) is 6.20 Å². The smallest absolute Gasteiger partial charge is 0.420 e. The van der Waals surface area contributed by atoms with E-state index in [4.69, 9.17) is 0 Å². The van der Waals surface area contributed by atoms with Crippen LogP contribution in [-0.4, -0.2) is 21.6 Å². The molecular formula is C9H6F3N3O3. The number of hydrogen-bond acceptors (Lipinski definition) is 4. The van der Waals surface area contributed by atoms with Crippen LogP contribution in [0, 0.1) is 10.1 Å². The molecule has 2 rings (SSSR count). The van der Waals surface area contributed by atoms with Crippen molar-refractivity contribution in [2.24, 2.45) is 0 Å². The van der Waals surface area contributed by atoms with Crippen molar-refractivity contribution in [3.63, 3.8) is 0 Å². The third kappa shape index (κ3) is 1.73. The molecule has 6 nitrogen and oxygen atoms in total. The summed E-state index contributed by atoms with van der Waals surface area (Å²) in [5.41, 5.74) is -1.95. The highest BCUT2D eigenvalue weighted by Crippen LogP contribution is 2.40. The second-order valence-electron chi connectivity index (χ2n) is 3.34. The van der Waals surface area contributed by atoms with E-state index < -0.39 is 28.1 Å². The number of hydrogen-bond donors (Lipinski definition) is 0. The summed E-state index contributed by atoms with van der Waals surface area (Å²) in [6.45, 7) is 0. The SMILES string of the molecule is COc1c(C(F)(F)F)ccn2ncc([N+](=O)[O-])c12. The fraction of sp³-hybridized carbons (Fsp3) is 0.222. The van der Waals surface area contributed by atoms with Crippen LogP contribution < -0.4 is 4.74 Å². The van der Waals surface area contributed by atoms with E-state index in [1.807, 2.05) is 0 Å². The lowest BCUT2D eigenvalue weighted by Gasteiger charge is -2.12. The number of nitro groups is 1. The molecule has 0 saturated heterocycles. The van der Waals surface area contributed by atoms with Crippen molar-refractivity contribution in [3.05, 3.63) is 34.1 Å². The van der Waals surface area contributed by atoms with Crippen LogP contribution in [0.5, 0.6) is 5.75 Å². The molecule has 0 bridgehead atoms. The van der Waals surface area contributed by atoms with Gasteiger partial charge in [-0.25, -0.2) is 4.52 Å². The normalized spacial score (nSPS) is 11.8. The number of halogens is 3. The molecule has 18 heavy (non-hydrogen) atoms. The number of fused-ring (bicyclic) bond motifs is 1. The van der Waals surface area contributed by atoms with E-state index in [2.05, 4.69) is 9.84 Å². The fourth-order valence-corrected chi connectivity index (χ4v) is 1.60. The molecule has 0 aliphatic heterocycles. The molecule has 0 radical (unpaired) electrons. The van der Waals surface area contributed by atoms with Crippen molar-refractivity contribution >= 4 is 11.2 Å². The number of pyridine rings is 1. The summed E-state index contributed by atoms with van der Waals surface area (Å²) in [5.74, 6) is -0.616. The summed E-state index contributed by atoms with van der Waals surface area (Å²) in [5, 5.41) is 14.3. The van der Waals surface area contributed by atoms with E-state index in [0.29, 0.717) is 0 Å². The molecule has 0 aliphatic rings. The maximum Gasteiger partial charge on any atom is 0.420 e. The molecular weight excluding hydrogens is 255 g/mol. The van der Waals surface area contributed by atoms with Gasteiger partial charge in [0.2, 0.25) is 0 Å². The molecule has 0 aliphatic carbocycles. The van der Waals surface area contributed by atoms with Crippen LogP contribution >= 0.6 is 0 Å². The van der Waals surface area contributed by atoms with Gasteiger partial charge < -0.3 is 4.74 Å². The van der Waals surface area contributed by atoms with Crippen molar-refractivity contribution < 1.29 is 22.8 Å². The van der Waals surface area contributed by atoms with Gasteiger partial charge in [-0.3, -0.25) is 10.1 Å². The first-order valence-corrected chi connectivity index (χ1v) is 4.62. The Morgan fingerprint density at radius 3 is 2.67 bits per heavy atom. The van der Waals surface area contributed by atoms with E-state index in [-0.39, 0.29) is 5.52 Å². The zero-order chi connectivity index (χ0) is 13.5. The standard InChI is InChI=1S/C9H6F3N3O3/c1-18-8-5(9(10,11)12)2-3-14-7(8)6(4-13-14)15(16)17/h2-4H,1H3. The Hall–Kier alpha value is -2.32. The van der Waals surface area contributed by atoms with Crippen LogP contribution in [0.4, 0.5) is 18.9 Å². The van der Waals surface area contributed by atoms with Crippen molar-refractivity contribution in [2.75, 3.05) is 7.11 Å². The second-order valence-corrected chi connectivity index (χ2v) is 3.34. The molecule has 0 aromatic carbocycles. The fourth-order valence-electron chi connectivity index (χ4n) is 1.60. The van der Waals surface area contributed by atoms with E-state index in [1.54, 1.807) is 0 Å². The number of alkyl halides is 3. The molecule has 2 aromatic rings. The quantitative estimate of drug-likeness (QED) is 0.614. The topological polar surface area (TPSA) is 69.7 Å². The lowest BCUT2D eigenvalue weighted by atomic mass is 10.2. The average molecular weight is 261 g/mol. The van der Waals surface area contributed by atoms with Crippen molar-refractivity contribution in [1.82, 2.24) is 9.61 Å². The Balaban J connectivity index is 2.85. The molecule has 0 unspecified atom stereocenters. The monoisotopic (exact) mass is 261 g/mol. The highest BCUT2D eigenvalue weighted by atomic mass is 19.4. The van der Waals surface area contributed by atoms with Crippen LogP contribution in [0.1, 0.15) is 5.56 Å². The Bertz CT molecular complexity index is 621. The molecule has 0 saturated carbocycles. The first kappa shape index (κ1) is 12.1. The molecule has 0 spiro atoms. The van der Waals surface area contributed by atoms with Gasteiger partial charge in [0.05, 0.1) is 12.0 Å². The predicted molar refractivity (Wildman–Crippen MR) is 53.4 cm³/mol. The summed E-state index contributed by atoms with van der Waals surface area (Å²) in [6, 6.07) is 0.753. The van der Waals surface area contributed by atoms with Gasteiger partial charge in [0.15, 0.2) is 11.3 Å². The summed E-state index contributed by atoms with van der Waals surface area (Å²) in [4.78, 5) is 9.91. The van der Waals surface area contributed by atoms with Gasteiger partial charge in [-0.2, -0.15) is 18.3 Å². The average Bonchev–Trinajstić information content (AvgIpc) is 2.69. The van der Waals surface area contributed by atoms with E-state index in [0.717, 1.165) is 30.1 Å². The van der Waals surface area contributed by atoms with Gasteiger partial charge in [-0.05, 0) is 6.07 Å². The zero-order valence-corrected chi connectivity index (χ0v) is 8.93. The van der Waals surface area contributed by atoms with E-state index in [9.17, 15) is 23.3 Å². The van der Waals surface area contributed by atoms with Crippen LogP contribution in [0.15, 0.2) is 18.5 Å². The lowest BCUT2D eigenvalue weighted by molar-refractivity contribution is -0.383. The number of ether oxygens (including phenoxy) is 1. The minimum atomic E-state index is -4.66. The summed E-state index contributed by atoms with van der Waals surface area (Å²) in [6.07, 6.45) is -2.79. The Labute approximate surface area is 97.7 Å². The lowest BCUT2D eigenvalue weighted by Crippen LogP contribution is -2.09. The molecule has 0 fully saturated rings. The Morgan fingerprint density at radius 2 is 2.17 bits per heavy atom. The van der Waals surface area contributed by atoms with Crippen LogP contribution in [-0.2, 0) is 6.18 Å². The molecule has 96 valence electrons. The molecule has 0 amide bonds. The van der Waals surface area contributed by atoms with Crippen LogP contribution in [0.3, 0.4) is 0 Å². The highest BCUT2D eigenvalue weighted by Gasteiger charge is 2.37. The van der Waals surface area contributed by atoms with Crippen molar-refractivity contribution in [2.45, 2.75) is 6.18 Å². The zero-order valence-electron chi connectivity index (χ0n) is 8.93. The highest BCUT2D eigenvalue weighted by molar-refractivity contribution is 5.75. The maximum absolute atomic E-state index is 12.7. The minimum absolute atomic E-state index is 0.322. The summed E-state index contributed by atoms with van der Waals surface area (Å²) >= 11 is 0. The van der Waals surface area contributed by atoms with Gasteiger partial charge >= 0.3 is 11.9 Å². The van der Waals surface area contributed by atoms with E-state index >= 15 is 0 Å². The molecule has 9 heteroatoms. The third-order valence-corrected chi connectivity index (χ3v) is 2.32. The number of aromatic nitrogens is 2. The molecule has 0 N–H and O–H groups in total. The first-order chi connectivity index (χ1) is 8.36. The summed E-state index contributed by atoms with van der Waals surface area (Å²) < 4.78 is 43.8. The first-order valence-electron chi connectivity index (χ1n) is 4.62. The third-order valence-electron chi connectivity index (χ3n) is 2.32. The number of methoxy groups -OCH3 is 1. The minimum Gasteiger partial charge on any atom is -0.494 e. The summed E-state index contributed by atoms with van der Waals surface area (Å²) in [7, 11) is 1.02. The Morgan fingerprint density at radius 1 is 1.50 bits per heavy atom. The molecule has 2 aromatic heterocycles. The molecule has 0 atom stereocenters. The van der Waals surface area contributed by atoms with Gasteiger partial charge in [-0.1, -0.05) is 0 Å². The van der Waals surface area contributed by atoms with Gasteiger partial charge in [0.25, 0.3) is 0 Å². The Kier molecular flexibility index (Phi) is 2.60. The molecule has 2 heterocycles. The van der Waals surface area contributed by atoms with Crippen LogP contribution in [0.25, 0.3) is 5.52 Å². The van der Waals surface area contributed by atoms with Crippen LogP contribution in [0.2, 0.25) is 0 Å². The van der Waals surface area contributed by atoms with Crippen molar-refractivity contribution in [3.8, 4) is 5.75 Å². The second kappa shape index (κ2) is 3.86. The van der Waals surface area contributed by atoms with Gasteiger partial charge in [0.1, 0.15) is 11.8 Å². The number of rotatable bonds is 2. The van der Waals surface area contributed by atoms with Crippen molar-refractivity contribution in [1.29, 1.82) is 0 Å². The predicted octanol–water partition coefficient (Wildman–Crippen LogP) is 2.27.